The van der Waals surface area contributed by atoms with Crippen molar-refractivity contribution in [2.24, 2.45) is 11.7 Å². The van der Waals surface area contributed by atoms with Crippen LogP contribution in [0.25, 0.3) is 16.4 Å². The number of aldehydes is 1. The predicted molar refractivity (Wildman–Crippen MR) is 165 cm³/mol. The van der Waals surface area contributed by atoms with Gasteiger partial charge in [0.2, 0.25) is 0 Å². The van der Waals surface area contributed by atoms with Gasteiger partial charge in [0.25, 0.3) is 0 Å². The normalized spacial score (nSPS) is 13.7. The number of carbonyl (C=O) groups excluding carboxylic acids is 1. The summed E-state index contributed by atoms with van der Waals surface area (Å²) in [6.45, 7) is 3.26. The zero-order valence-electron chi connectivity index (χ0n) is 26.0. The summed E-state index contributed by atoms with van der Waals surface area (Å²) in [5, 5.41) is 14.0. The molecule has 1 atom stereocenters. The number of hydrogen-bond acceptors (Lipinski definition) is 4. The molecule has 226 valence electrons. The van der Waals surface area contributed by atoms with Crippen LogP contribution in [0.1, 0.15) is 66.1 Å². The number of rotatable bonds is 8. The van der Waals surface area contributed by atoms with Crippen LogP contribution in [0.3, 0.4) is 0 Å². The molecule has 3 aromatic rings. The minimum Gasteiger partial charge on any atom is -0.681 e. The van der Waals surface area contributed by atoms with E-state index in [9.17, 15) is 18.0 Å². The van der Waals surface area contributed by atoms with Gasteiger partial charge in [0, 0.05) is 5.56 Å². The molecule has 1 aliphatic rings. The summed E-state index contributed by atoms with van der Waals surface area (Å²) in [7, 11) is 5.61. The average molecular weight is 619 g/mol. The largest absolute Gasteiger partial charge is 1.00 e. The Bertz CT molecular complexity index is 1300. The second kappa shape index (κ2) is 20.1. The van der Waals surface area contributed by atoms with Crippen LogP contribution in [0.5, 0.6) is 0 Å². The molecule has 1 fully saturated rings. The predicted octanol–water partition coefficient (Wildman–Crippen LogP) is 5.40. The molecular formula is C34H42F3KN4O. The summed E-state index contributed by atoms with van der Waals surface area (Å²) >= 11 is 0. The van der Waals surface area contributed by atoms with Crippen LogP contribution in [-0.4, -0.2) is 44.9 Å². The molecule has 0 aromatic heterocycles. The molecule has 4 rings (SSSR count). The molecule has 0 amide bonds. The third-order valence-electron chi connectivity index (χ3n) is 7.35. The molecule has 0 aliphatic heterocycles. The topological polar surface area (TPSA) is 84.2 Å². The first kappa shape index (κ1) is 39.0. The van der Waals surface area contributed by atoms with Crippen LogP contribution in [0.15, 0.2) is 66.7 Å². The summed E-state index contributed by atoms with van der Waals surface area (Å²) in [5.41, 5.74) is 6.93. The van der Waals surface area contributed by atoms with E-state index in [-0.39, 0.29) is 69.0 Å². The molecule has 0 radical (unpaired) electrons. The van der Waals surface area contributed by atoms with Gasteiger partial charge in [0.05, 0.1) is 17.2 Å². The van der Waals surface area contributed by atoms with Gasteiger partial charge in [-0.2, -0.15) is 18.4 Å². The van der Waals surface area contributed by atoms with Crippen molar-refractivity contribution in [3.8, 4) is 17.2 Å². The fourth-order valence-corrected chi connectivity index (χ4v) is 4.96. The Labute approximate surface area is 297 Å². The molecule has 0 heterocycles. The number of benzene rings is 3. The molecule has 1 saturated carbocycles. The van der Waals surface area contributed by atoms with E-state index < -0.39 is 17.3 Å². The number of nitrogens with two attached hydrogens (primary N) is 1. The zero-order chi connectivity index (χ0) is 31.1. The van der Waals surface area contributed by atoms with E-state index in [1.165, 1.54) is 19.2 Å². The second-order valence-corrected chi connectivity index (χ2v) is 10.4. The van der Waals surface area contributed by atoms with Gasteiger partial charge < -0.3 is 16.0 Å². The molecule has 0 spiro atoms. The first-order valence-corrected chi connectivity index (χ1v) is 14.3. The second-order valence-electron chi connectivity index (χ2n) is 10.4. The Morgan fingerprint density at radius 1 is 1.02 bits per heavy atom. The fraction of sp³-hybridized carbons (Fsp3) is 0.412. The third-order valence-corrected chi connectivity index (χ3v) is 7.35. The molecule has 43 heavy (non-hydrogen) atoms. The first-order valence-electron chi connectivity index (χ1n) is 14.3. The van der Waals surface area contributed by atoms with Crippen LogP contribution in [-0.2, 0) is 12.6 Å². The van der Waals surface area contributed by atoms with Crippen molar-refractivity contribution < 1.29 is 69.4 Å². The zero-order valence-corrected chi connectivity index (χ0v) is 29.1. The standard InChI is InChI=1S/C29H26F3N2O.C4H11N.CH5N.K/c30-29(31,32)27-17-25(14-13-24(27)18-33)34-28(21-8-2-1-3-9-21)16-23-10-4-5-12-26(23)22-11-6-7-20(15-22)19-35;1-4-5(2)3;1-2;/h4-7,10-15,17,19,21,28H,1-3,8-9,16H2;4H2,1-3H3;2H2,1H3;/q-1;;;+1. The van der Waals surface area contributed by atoms with Crippen LogP contribution in [0.4, 0.5) is 18.9 Å². The monoisotopic (exact) mass is 618 g/mol. The first-order chi connectivity index (χ1) is 20.2. The van der Waals surface area contributed by atoms with E-state index in [1.54, 1.807) is 12.1 Å². The number of hydrogen-bond donors (Lipinski definition) is 1. The molecular weight excluding hydrogens is 576 g/mol. The average Bonchev–Trinajstić information content (AvgIpc) is 3.02. The minimum absolute atomic E-state index is 0. The maximum Gasteiger partial charge on any atom is 1.00 e. The van der Waals surface area contributed by atoms with Crippen LogP contribution in [0.2, 0.25) is 0 Å². The Balaban J connectivity index is 0.00000105. The van der Waals surface area contributed by atoms with Crippen molar-refractivity contribution in [2.45, 2.75) is 57.7 Å². The van der Waals surface area contributed by atoms with Gasteiger partial charge in [-0.05, 0) is 62.9 Å². The fourth-order valence-electron chi connectivity index (χ4n) is 4.96. The molecule has 3 aromatic carbocycles. The van der Waals surface area contributed by atoms with Crippen LogP contribution < -0.4 is 57.1 Å². The van der Waals surface area contributed by atoms with Crippen LogP contribution in [0, 0.1) is 17.2 Å². The maximum atomic E-state index is 13.5. The Morgan fingerprint density at radius 2 is 1.67 bits per heavy atom. The number of halogens is 3. The quantitative estimate of drug-likeness (QED) is 0.271. The van der Waals surface area contributed by atoms with E-state index in [4.69, 9.17) is 10.6 Å². The van der Waals surface area contributed by atoms with E-state index in [0.29, 0.717) is 12.0 Å². The van der Waals surface area contributed by atoms with Gasteiger partial charge in [-0.25, -0.2) is 0 Å². The van der Waals surface area contributed by atoms with Crippen molar-refractivity contribution >= 4 is 12.0 Å². The summed E-state index contributed by atoms with van der Waals surface area (Å²) in [6.07, 6.45) is 2.07. The number of nitrogens with zero attached hydrogens (tertiary/aromatic N) is 3. The van der Waals surface area contributed by atoms with Gasteiger partial charge in [0.1, 0.15) is 6.29 Å². The van der Waals surface area contributed by atoms with Crippen molar-refractivity contribution in [1.29, 1.82) is 5.26 Å². The molecule has 5 nitrogen and oxygen atoms in total. The number of alkyl halides is 3. The maximum absolute atomic E-state index is 13.5. The van der Waals surface area contributed by atoms with E-state index >= 15 is 0 Å². The van der Waals surface area contributed by atoms with Crippen molar-refractivity contribution in [1.82, 2.24) is 4.90 Å². The SMILES string of the molecule is CCN(C)C.CN.N#Cc1ccc([N-]C(Cc2ccccc2-c2cccc(C=O)c2)C2CCCCC2)cc1C(F)(F)F.[K+]. The minimum atomic E-state index is -4.62. The number of nitriles is 1. The molecule has 0 saturated heterocycles. The van der Waals surface area contributed by atoms with E-state index in [0.717, 1.165) is 67.7 Å². The van der Waals surface area contributed by atoms with E-state index in [1.807, 2.05) is 42.5 Å². The Hall–Kier alpha value is -2.03. The number of carbonyl (C=O) groups is 1. The molecule has 2 N–H and O–H groups in total. The molecule has 9 heteroatoms. The van der Waals surface area contributed by atoms with Gasteiger partial charge in [-0.3, -0.25) is 4.79 Å². The Kier molecular flexibility index (Phi) is 18.2. The molecule has 1 unspecified atom stereocenters. The van der Waals surface area contributed by atoms with Crippen LogP contribution >= 0.6 is 0 Å². The van der Waals surface area contributed by atoms with Gasteiger partial charge in [0.15, 0.2) is 0 Å². The third kappa shape index (κ3) is 12.5. The smallest absolute Gasteiger partial charge is 0.681 e. The van der Waals surface area contributed by atoms with Crippen molar-refractivity contribution in [2.75, 3.05) is 27.7 Å². The van der Waals surface area contributed by atoms with Gasteiger partial charge in [-0.15, -0.1) is 11.7 Å². The molecule has 0 bridgehead atoms. The van der Waals surface area contributed by atoms with E-state index in [2.05, 4.69) is 31.7 Å². The van der Waals surface area contributed by atoms with Gasteiger partial charge in [-0.1, -0.05) is 99.5 Å². The van der Waals surface area contributed by atoms with Crippen molar-refractivity contribution in [3.05, 3.63) is 94.3 Å². The summed E-state index contributed by atoms with van der Waals surface area (Å²) in [6, 6.07) is 20.4. The molecule has 1 aliphatic carbocycles. The Morgan fingerprint density at radius 3 is 2.26 bits per heavy atom. The summed E-state index contributed by atoms with van der Waals surface area (Å²) in [4.78, 5) is 13.4. The van der Waals surface area contributed by atoms with Gasteiger partial charge >= 0.3 is 57.6 Å². The van der Waals surface area contributed by atoms with Crippen molar-refractivity contribution in [3.63, 3.8) is 0 Å². The summed E-state index contributed by atoms with van der Waals surface area (Å²) < 4.78 is 40.6. The summed E-state index contributed by atoms with van der Waals surface area (Å²) in [5.74, 6) is 0.267.